The van der Waals surface area contributed by atoms with E-state index in [0.29, 0.717) is 0 Å². The lowest BCUT2D eigenvalue weighted by atomic mass is 10.1. The van der Waals surface area contributed by atoms with E-state index in [0.717, 1.165) is 24.4 Å². The zero-order chi connectivity index (χ0) is 5.82. The predicted octanol–water partition coefficient (Wildman–Crippen LogP) is -0.788. The van der Waals surface area contributed by atoms with Crippen molar-refractivity contribution < 1.29 is 9.69 Å². The van der Waals surface area contributed by atoms with Gasteiger partial charge in [-0.25, -0.2) is 4.79 Å². The highest BCUT2D eigenvalue weighted by Crippen LogP contribution is 1.93. The van der Waals surface area contributed by atoms with Gasteiger partial charge in [-0.05, 0) is 19.3 Å². The smallest absolute Gasteiger partial charge is 0.275 e. The molecule has 46 valence electrons. The maximum Gasteiger partial charge on any atom is 0.299 e. The van der Waals surface area contributed by atoms with E-state index >= 15 is 0 Å². The Hall–Kier alpha value is -0.370. The number of likely N-dealkylation sites (tertiary alicyclic amines) is 1. The number of amides is 1. The molecule has 0 radical (unpaired) electrons. The average Bonchev–Trinajstić information content (AvgIpc) is 1.90. The fourth-order valence-electron chi connectivity index (χ4n) is 1.12. The first-order chi connectivity index (χ1) is 3.93. The largest absolute Gasteiger partial charge is 0.299 e. The van der Waals surface area contributed by atoms with Crippen LogP contribution in [0.15, 0.2) is 0 Å². The van der Waals surface area contributed by atoms with Crippen molar-refractivity contribution in [3.05, 3.63) is 0 Å². The molecule has 1 saturated heterocycles. The Balaban J connectivity index is 2.22. The third kappa shape index (κ3) is 1.30. The Morgan fingerprint density at radius 2 is 1.75 bits per heavy atom. The molecule has 1 N–H and O–H groups in total. The van der Waals surface area contributed by atoms with E-state index in [1.807, 2.05) is 0 Å². The second-order valence-corrected chi connectivity index (χ2v) is 2.34. The zero-order valence-electron chi connectivity index (χ0n) is 5.02. The van der Waals surface area contributed by atoms with Crippen molar-refractivity contribution >= 4 is 6.41 Å². The molecule has 1 rings (SSSR count). The molecule has 1 fully saturated rings. The number of nitrogens with one attached hydrogen (secondary N) is 1. The minimum Gasteiger partial charge on any atom is -0.275 e. The van der Waals surface area contributed by atoms with Crippen LogP contribution < -0.4 is 4.90 Å². The van der Waals surface area contributed by atoms with Gasteiger partial charge in [0.25, 0.3) is 6.41 Å². The number of rotatable bonds is 1. The van der Waals surface area contributed by atoms with E-state index in [-0.39, 0.29) is 0 Å². The molecule has 0 aromatic heterocycles. The third-order valence-corrected chi connectivity index (χ3v) is 1.66. The van der Waals surface area contributed by atoms with E-state index in [9.17, 15) is 4.79 Å². The molecule has 8 heavy (non-hydrogen) atoms. The number of piperidine rings is 1. The summed E-state index contributed by atoms with van der Waals surface area (Å²) in [5.41, 5.74) is 0. The normalized spacial score (nSPS) is 23.0. The summed E-state index contributed by atoms with van der Waals surface area (Å²) in [6.07, 6.45) is 4.80. The van der Waals surface area contributed by atoms with E-state index in [2.05, 4.69) is 0 Å². The number of quaternary nitrogens is 1. The van der Waals surface area contributed by atoms with Gasteiger partial charge in [0.15, 0.2) is 0 Å². The Kier molecular flexibility index (Phi) is 2.03. The van der Waals surface area contributed by atoms with Crippen LogP contribution in [0.4, 0.5) is 0 Å². The molecule has 0 atom stereocenters. The third-order valence-electron chi connectivity index (χ3n) is 1.66. The molecule has 0 aromatic carbocycles. The standard InChI is InChI=1S/C6H11NO/c8-6-7-4-2-1-3-5-7/h6H,1-5H2/p+1. The molecular weight excluding hydrogens is 102 g/mol. The van der Waals surface area contributed by atoms with Crippen molar-refractivity contribution in [3.8, 4) is 0 Å². The summed E-state index contributed by atoms with van der Waals surface area (Å²) < 4.78 is 0. The van der Waals surface area contributed by atoms with Crippen LogP contribution in [-0.2, 0) is 4.79 Å². The summed E-state index contributed by atoms with van der Waals surface area (Å²) >= 11 is 0. The molecule has 0 bridgehead atoms. The second-order valence-electron chi connectivity index (χ2n) is 2.34. The van der Waals surface area contributed by atoms with Crippen molar-refractivity contribution in [2.45, 2.75) is 19.3 Å². The van der Waals surface area contributed by atoms with Crippen molar-refractivity contribution in [3.63, 3.8) is 0 Å². The first kappa shape index (κ1) is 5.76. The highest BCUT2D eigenvalue weighted by atomic mass is 16.1. The second kappa shape index (κ2) is 2.82. The minimum atomic E-state index is 1.03. The Bertz CT molecular complexity index is 76.6. The van der Waals surface area contributed by atoms with Crippen LogP contribution in [0.25, 0.3) is 0 Å². The van der Waals surface area contributed by atoms with Crippen LogP contribution in [0, 0.1) is 0 Å². The van der Waals surface area contributed by atoms with Crippen LogP contribution in [0.1, 0.15) is 19.3 Å². The number of hydrogen-bond acceptors (Lipinski definition) is 1. The maximum absolute atomic E-state index is 10.1. The first-order valence-electron chi connectivity index (χ1n) is 3.23. The van der Waals surface area contributed by atoms with Gasteiger partial charge < -0.3 is 0 Å². The Morgan fingerprint density at radius 1 is 1.12 bits per heavy atom. The van der Waals surface area contributed by atoms with Gasteiger partial charge in [-0.15, -0.1) is 0 Å². The highest BCUT2D eigenvalue weighted by molar-refractivity contribution is 5.33. The van der Waals surface area contributed by atoms with Gasteiger partial charge >= 0.3 is 0 Å². The monoisotopic (exact) mass is 114 g/mol. The summed E-state index contributed by atoms with van der Waals surface area (Å²) in [6.45, 7) is 2.12. The molecule has 1 amide bonds. The van der Waals surface area contributed by atoms with Crippen molar-refractivity contribution in [2.24, 2.45) is 0 Å². The van der Waals surface area contributed by atoms with Crippen LogP contribution in [0.3, 0.4) is 0 Å². The molecule has 0 aliphatic carbocycles. The molecule has 1 aliphatic rings. The summed E-state index contributed by atoms with van der Waals surface area (Å²) in [6, 6.07) is 0. The van der Waals surface area contributed by atoms with Gasteiger partial charge in [-0.3, -0.25) is 4.90 Å². The lowest BCUT2D eigenvalue weighted by Gasteiger charge is -2.15. The lowest BCUT2D eigenvalue weighted by Crippen LogP contribution is -3.11. The molecule has 2 heteroatoms. The van der Waals surface area contributed by atoms with Crippen molar-refractivity contribution in [1.82, 2.24) is 0 Å². The topological polar surface area (TPSA) is 21.5 Å². The zero-order valence-corrected chi connectivity index (χ0v) is 5.02. The predicted molar refractivity (Wildman–Crippen MR) is 30.6 cm³/mol. The summed E-state index contributed by atoms with van der Waals surface area (Å²) in [7, 11) is 0. The Labute approximate surface area is 49.5 Å². The molecule has 0 unspecified atom stereocenters. The van der Waals surface area contributed by atoms with Crippen molar-refractivity contribution in [2.75, 3.05) is 13.1 Å². The molecule has 0 aromatic rings. The number of hydrogen-bond donors (Lipinski definition) is 1. The minimum absolute atomic E-state index is 1.03. The average molecular weight is 114 g/mol. The van der Waals surface area contributed by atoms with Gasteiger partial charge in [0.1, 0.15) is 0 Å². The summed E-state index contributed by atoms with van der Waals surface area (Å²) in [5.74, 6) is 0. The summed E-state index contributed by atoms with van der Waals surface area (Å²) in [5, 5.41) is 0. The number of carbonyl (C=O) groups excluding carboxylic acids is 1. The number of carbonyl (C=O) groups is 1. The van der Waals surface area contributed by atoms with Crippen molar-refractivity contribution in [1.29, 1.82) is 0 Å². The Morgan fingerprint density at radius 3 is 2.12 bits per heavy atom. The quantitative estimate of drug-likeness (QED) is 0.443. The molecular formula is C6H12NO+. The van der Waals surface area contributed by atoms with Gasteiger partial charge in [0, 0.05) is 0 Å². The fourth-order valence-corrected chi connectivity index (χ4v) is 1.12. The maximum atomic E-state index is 10.1. The SMILES string of the molecule is O=C[NH+]1CCCCC1. The fraction of sp³-hybridized carbons (Fsp3) is 0.833. The van der Waals surface area contributed by atoms with E-state index in [1.165, 1.54) is 19.3 Å². The van der Waals surface area contributed by atoms with E-state index < -0.39 is 0 Å². The van der Waals surface area contributed by atoms with Gasteiger partial charge in [0.05, 0.1) is 13.1 Å². The van der Waals surface area contributed by atoms with E-state index in [1.54, 1.807) is 0 Å². The molecule has 0 spiro atoms. The molecule has 2 nitrogen and oxygen atoms in total. The van der Waals surface area contributed by atoms with Gasteiger partial charge in [-0.2, -0.15) is 0 Å². The highest BCUT2D eigenvalue weighted by Gasteiger charge is 2.10. The van der Waals surface area contributed by atoms with E-state index in [4.69, 9.17) is 0 Å². The lowest BCUT2D eigenvalue weighted by molar-refractivity contribution is -0.816. The van der Waals surface area contributed by atoms with Crippen LogP contribution in [0.2, 0.25) is 0 Å². The molecule has 1 aliphatic heterocycles. The van der Waals surface area contributed by atoms with Gasteiger partial charge in [0.2, 0.25) is 0 Å². The molecule has 0 saturated carbocycles. The van der Waals surface area contributed by atoms with Crippen LogP contribution in [0.5, 0.6) is 0 Å². The van der Waals surface area contributed by atoms with Gasteiger partial charge in [-0.1, -0.05) is 0 Å². The van der Waals surface area contributed by atoms with Crippen LogP contribution >= 0.6 is 0 Å². The van der Waals surface area contributed by atoms with Crippen LogP contribution in [-0.4, -0.2) is 19.5 Å². The molecule has 1 heterocycles. The first-order valence-corrected chi connectivity index (χ1v) is 3.23. The summed E-state index contributed by atoms with van der Waals surface area (Å²) in [4.78, 5) is 11.2.